The van der Waals surface area contributed by atoms with Gasteiger partial charge in [-0.25, -0.2) is 8.78 Å². The van der Waals surface area contributed by atoms with Crippen LogP contribution in [-0.2, 0) is 6.42 Å². The van der Waals surface area contributed by atoms with Gasteiger partial charge in [0.15, 0.2) is 0 Å². The van der Waals surface area contributed by atoms with Crippen molar-refractivity contribution in [3.63, 3.8) is 0 Å². The molecule has 0 saturated heterocycles. The minimum absolute atomic E-state index is 0.0416. The zero-order chi connectivity index (χ0) is 12.0. The lowest BCUT2D eigenvalue weighted by atomic mass is 10.0. The van der Waals surface area contributed by atoms with Gasteiger partial charge < -0.3 is 0 Å². The van der Waals surface area contributed by atoms with Crippen molar-refractivity contribution in [2.45, 2.75) is 38.6 Å². The molecule has 0 saturated carbocycles. The van der Waals surface area contributed by atoms with Crippen LogP contribution < -0.4 is 11.3 Å². The van der Waals surface area contributed by atoms with Crippen molar-refractivity contribution in [1.29, 1.82) is 0 Å². The SMILES string of the molecule is CCCCC(Cc1ccc(F)cc1F)NN. The Hall–Kier alpha value is -1.00. The normalized spacial score (nSPS) is 12.8. The first-order valence-electron chi connectivity index (χ1n) is 5.57. The predicted octanol–water partition coefficient (Wildman–Crippen LogP) is 2.53. The Morgan fingerprint density at radius 2 is 2.12 bits per heavy atom. The fraction of sp³-hybridized carbons (Fsp3) is 0.500. The summed E-state index contributed by atoms with van der Waals surface area (Å²) in [6.07, 6.45) is 3.49. The summed E-state index contributed by atoms with van der Waals surface area (Å²) in [4.78, 5) is 0. The lowest BCUT2D eigenvalue weighted by molar-refractivity contribution is 0.463. The average Bonchev–Trinajstić information content (AvgIpc) is 2.27. The van der Waals surface area contributed by atoms with Crippen molar-refractivity contribution in [3.8, 4) is 0 Å². The Morgan fingerprint density at radius 1 is 1.38 bits per heavy atom. The standard InChI is InChI=1S/C12H18F2N2/c1-2-3-4-11(16-15)7-9-5-6-10(13)8-12(9)14/h5-6,8,11,16H,2-4,7,15H2,1H3. The van der Waals surface area contributed by atoms with E-state index in [0.29, 0.717) is 12.0 Å². The molecule has 0 aliphatic heterocycles. The van der Waals surface area contributed by atoms with E-state index in [1.165, 1.54) is 12.1 Å². The second-order valence-corrected chi connectivity index (χ2v) is 3.95. The second kappa shape index (κ2) is 6.55. The minimum atomic E-state index is -0.549. The molecule has 0 fully saturated rings. The third-order valence-electron chi connectivity index (χ3n) is 2.62. The molecule has 0 amide bonds. The summed E-state index contributed by atoms with van der Waals surface area (Å²) < 4.78 is 26.0. The summed E-state index contributed by atoms with van der Waals surface area (Å²) >= 11 is 0. The lowest BCUT2D eigenvalue weighted by Crippen LogP contribution is -2.36. The minimum Gasteiger partial charge on any atom is -0.271 e. The van der Waals surface area contributed by atoms with Gasteiger partial charge in [0, 0.05) is 12.1 Å². The highest BCUT2D eigenvalue weighted by molar-refractivity contribution is 5.19. The molecule has 0 bridgehead atoms. The number of unbranched alkanes of at least 4 members (excludes halogenated alkanes) is 1. The lowest BCUT2D eigenvalue weighted by Gasteiger charge is -2.15. The van der Waals surface area contributed by atoms with E-state index in [2.05, 4.69) is 12.3 Å². The molecular weight excluding hydrogens is 210 g/mol. The number of hydrogen-bond donors (Lipinski definition) is 2. The van der Waals surface area contributed by atoms with E-state index in [-0.39, 0.29) is 6.04 Å². The van der Waals surface area contributed by atoms with Crippen LogP contribution in [0.25, 0.3) is 0 Å². The van der Waals surface area contributed by atoms with Gasteiger partial charge in [0.25, 0.3) is 0 Å². The number of hydrazine groups is 1. The Bertz CT molecular complexity index is 329. The molecule has 0 aromatic heterocycles. The van der Waals surface area contributed by atoms with Crippen molar-refractivity contribution in [2.24, 2.45) is 5.84 Å². The molecule has 0 aliphatic rings. The average molecular weight is 228 g/mol. The maximum absolute atomic E-state index is 13.4. The molecule has 1 aromatic rings. The highest BCUT2D eigenvalue weighted by Crippen LogP contribution is 2.13. The summed E-state index contributed by atoms with van der Waals surface area (Å²) in [5, 5.41) is 0. The summed E-state index contributed by atoms with van der Waals surface area (Å²) in [6, 6.07) is 3.69. The van der Waals surface area contributed by atoms with Gasteiger partial charge >= 0.3 is 0 Å². The summed E-state index contributed by atoms with van der Waals surface area (Å²) in [6.45, 7) is 2.09. The van der Waals surface area contributed by atoms with Crippen LogP contribution in [0.3, 0.4) is 0 Å². The molecule has 2 nitrogen and oxygen atoms in total. The Balaban J connectivity index is 2.62. The fourth-order valence-corrected chi connectivity index (χ4v) is 1.65. The van der Waals surface area contributed by atoms with Crippen molar-refractivity contribution >= 4 is 0 Å². The van der Waals surface area contributed by atoms with Gasteiger partial charge in [0.1, 0.15) is 11.6 Å². The zero-order valence-corrected chi connectivity index (χ0v) is 9.47. The number of nitrogens with two attached hydrogens (primary N) is 1. The molecule has 1 rings (SSSR count). The van der Waals surface area contributed by atoms with Crippen LogP contribution in [0.5, 0.6) is 0 Å². The maximum atomic E-state index is 13.4. The number of hydrogen-bond acceptors (Lipinski definition) is 2. The quantitative estimate of drug-likeness (QED) is 0.580. The molecule has 1 unspecified atom stereocenters. The van der Waals surface area contributed by atoms with Gasteiger partial charge in [0.2, 0.25) is 0 Å². The van der Waals surface area contributed by atoms with Crippen LogP contribution in [0.1, 0.15) is 31.7 Å². The number of nitrogens with one attached hydrogen (secondary N) is 1. The Labute approximate surface area is 94.8 Å². The monoisotopic (exact) mass is 228 g/mol. The molecule has 90 valence electrons. The molecule has 16 heavy (non-hydrogen) atoms. The first kappa shape index (κ1) is 13.1. The topological polar surface area (TPSA) is 38.0 Å². The van der Waals surface area contributed by atoms with Crippen LogP contribution in [0.15, 0.2) is 18.2 Å². The van der Waals surface area contributed by atoms with Crippen LogP contribution in [0, 0.1) is 11.6 Å². The summed E-state index contributed by atoms with van der Waals surface area (Å²) in [5.41, 5.74) is 3.17. The molecule has 1 aromatic carbocycles. The number of rotatable bonds is 6. The summed E-state index contributed by atoms with van der Waals surface area (Å²) in [7, 11) is 0. The maximum Gasteiger partial charge on any atom is 0.129 e. The highest BCUT2D eigenvalue weighted by Gasteiger charge is 2.11. The van der Waals surface area contributed by atoms with Crippen LogP contribution >= 0.6 is 0 Å². The van der Waals surface area contributed by atoms with E-state index in [1.807, 2.05) is 0 Å². The van der Waals surface area contributed by atoms with Crippen LogP contribution in [0.2, 0.25) is 0 Å². The molecule has 4 heteroatoms. The molecule has 0 radical (unpaired) electrons. The van der Waals surface area contributed by atoms with Gasteiger partial charge in [-0.3, -0.25) is 11.3 Å². The van der Waals surface area contributed by atoms with E-state index < -0.39 is 11.6 Å². The predicted molar refractivity (Wildman–Crippen MR) is 60.7 cm³/mol. The number of halogens is 2. The van der Waals surface area contributed by atoms with Gasteiger partial charge in [-0.15, -0.1) is 0 Å². The van der Waals surface area contributed by atoms with Crippen LogP contribution in [-0.4, -0.2) is 6.04 Å². The van der Waals surface area contributed by atoms with E-state index in [9.17, 15) is 8.78 Å². The molecule has 0 aliphatic carbocycles. The molecular formula is C12H18F2N2. The smallest absolute Gasteiger partial charge is 0.129 e. The van der Waals surface area contributed by atoms with E-state index in [0.717, 1.165) is 25.3 Å². The van der Waals surface area contributed by atoms with E-state index >= 15 is 0 Å². The summed E-state index contributed by atoms with van der Waals surface area (Å²) in [5.74, 6) is 4.34. The Kier molecular flexibility index (Phi) is 5.35. The third kappa shape index (κ3) is 3.87. The van der Waals surface area contributed by atoms with Gasteiger partial charge in [-0.05, 0) is 24.5 Å². The number of benzene rings is 1. The van der Waals surface area contributed by atoms with Crippen molar-refractivity contribution in [1.82, 2.24) is 5.43 Å². The first-order chi connectivity index (χ1) is 7.67. The largest absolute Gasteiger partial charge is 0.271 e. The van der Waals surface area contributed by atoms with E-state index in [4.69, 9.17) is 5.84 Å². The molecule has 0 heterocycles. The third-order valence-corrected chi connectivity index (χ3v) is 2.62. The van der Waals surface area contributed by atoms with E-state index in [1.54, 1.807) is 0 Å². The van der Waals surface area contributed by atoms with Crippen molar-refractivity contribution in [3.05, 3.63) is 35.4 Å². The van der Waals surface area contributed by atoms with Gasteiger partial charge in [-0.2, -0.15) is 0 Å². The molecule has 1 atom stereocenters. The van der Waals surface area contributed by atoms with Crippen LogP contribution in [0.4, 0.5) is 8.78 Å². The second-order valence-electron chi connectivity index (χ2n) is 3.95. The first-order valence-corrected chi connectivity index (χ1v) is 5.57. The van der Waals surface area contributed by atoms with Gasteiger partial charge in [0.05, 0.1) is 0 Å². The van der Waals surface area contributed by atoms with Crippen molar-refractivity contribution in [2.75, 3.05) is 0 Å². The molecule has 3 N–H and O–H groups in total. The highest BCUT2D eigenvalue weighted by atomic mass is 19.1. The molecule has 0 spiro atoms. The fourth-order valence-electron chi connectivity index (χ4n) is 1.65. The van der Waals surface area contributed by atoms with Gasteiger partial charge in [-0.1, -0.05) is 25.8 Å². The van der Waals surface area contributed by atoms with Crippen molar-refractivity contribution < 1.29 is 8.78 Å². The zero-order valence-electron chi connectivity index (χ0n) is 9.47. The Morgan fingerprint density at radius 3 is 2.69 bits per heavy atom.